The molecule has 20 heavy (non-hydrogen) atoms. The van der Waals surface area contributed by atoms with Crippen molar-refractivity contribution in [2.24, 2.45) is 5.92 Å². The van der Waals surface area contributed by atoms with Gasteiger partial charge in [0.25, 0.3) is 0 Å². The Morgan fingerprint density at radius 1 is 1.45 bits per heavy atom. The number of nitrogens with zero attached hydrogens (tertiary/aromatic N) is 3. The summed E-state index contributed by atoms with van der Waals surface area (Å²) in [4.78, 5) is 12.2. The molecule has 1 heterocycles. The summed E-state index contributed by atoms with van der Waals surface area (Å²) >= 11 is 1.34. The molecule has 0 unspecified atom stereocenters. The topological polar surface area (TPSA) is 85.8 Å². The zero-order valence-corrected chi connectivity index (χ0v) is 13.1. The molecule has 112 valence electrons. The van der Waals surface area contributed by atoms with Crippen molar-refractivity contribution in [2.75, 3.05) is 5.84 Å². The van der Waals surface area contributed by atoms with E-state index in [-0.39, 0.29) is 11.2 Å². The number of aromatic nitrogens is 3. The Balaban J connectivity index is 1.90. The van der Waals surface area contributed by atoms with E-state index in [4.69, 9.17) is 5.84 Å². The Kier molecular flexibility index (Phi) is 4.91. The van der Waals surface area contributed by atoms with E-state index >= 15 is 0 Å². The Morgan fingerprint density at radius 2 is 2.15 bits per heavy atom. The molecule has 0 saturated heterocycles. The van der Waals surface area contributed by atoms with Gasteiger partial charge in [-0.15, -0.1) is 10.2 Å². The lowest BCUT2D eigenvalue weighted by Gasteiger charge is -2.30. The number of amides is 1. The normalized spacial score (nSPS) is 24.4. The lowest BCUT2D eigenvalue weighted by molar-refractivity contribution is -0.121. The lowest BCUT2D eigenvalue weighted by atomic mass is 9.86. The van der Waals surface area contributed by atoms with Gasteiger partial charge in [-0.1, -0.05) is 31.5 Å². The molecule has 0 spiro atoms. The Morgan fingerprint density at radius 3 is 2.75 bits per heavy atom. The summed E-state index contributed by atoms with van der Waals surface area (Å²) in [5.74, 6) is 7.05. The SMILES string of the molecule is Cc1nnc(S[C@H](C)C(=O)N[C@H]2CCCC[C@H]2C)n1N. The van der Waals surface area contributed by atoms with Crippen molar-refractivity contribution in [3.8, 4) is 0 Å². The number of aryl methyl sites for hydroxylation is 1. The van der Waals surface area contributed by atoms with Crippen LogP contribution >= 0.6 is 11.8 Å². The van der Waals surface area contributed by atoms with Crippen LogP contribution < -0.4 is 11.2 Å². The third-order valence-corrected chi connectivity index (χ3v) is 4.98. The maximum atomic E-state index is 12.2. The fourth-order valence-electron chi connectivity index (χ4n) is 2.47. The highest BCUT2D eigenvalue weighted by Gasteiger charge is 2.26. The second kappa shape index (κ2) is 6.47. The highest BCUT2D eigenvalue weighted by molar-refractivity contribution is 8.00. The van der Waals surface area contributed by atoms with Crippen LogP contribution in [-0.4, -0.2) is 32.1 Å². The molecule has 1 aliphatic rings. The van der Waals surface area contributed by atoms with Gasteiger partial charge in [0.15, 0.2) is 0 Å². The number of thioether (sulfide) groups is 1. The summed E-state index contributed by atoms with van der Waals surface area (Å²) < 4.78 is 1.41. The van der Waals surface area contributed by atoms with Gasteiger partial charge in [0.05, 0.1) is 5.25 Å². The summed E-state index contributed by atoms with van der Waals surface area (Å²) in [6, 6.07) is 0.303. The Bertz CT molecular complexity index is 475. The van der Waals surface area contributed by atoms with Crippen molar-refractivity contribution in [1.82, 2.24) is 20.2 Å². The summed E-state index contributed by atoms with van der Waals surface area (Å²) in [6.07, 6.45) is 4.75. The maximum absolute atomic E-state index is 12.2. The first-order chi connectivity index (χ1) is 9.49. The van der Waals surface area contributed by atoms with Crippen LogP contribution in [0.3, 0.4) is 0 Å². The van der Waals surface area contributed by atoms with Gasteiger partial charge in [-0.2, -0.15) is 0 Å². The number of rotatable bonds is 4. The van der Waals surface area contributed by atoms with Gasteiger partial charge in [0, 0.05) is 6.04 Å². The standard InChI is InChI=1S/C13H23N5OS/c1-8-6-4-5-7-11(8)15-12(19)9(2)20-13-17-16-10(3)18(13)14/h8-9,11H,4-7,14H2,1-3H3,(H,15,19)/t8-,9-,11+/m1/s1. The Labute approximate surface area is 123 Å². The number of nitrogens with one attached hydrogen (secondary N) is 1. The van der Waals surface area contributed by atoms with Crippen LogP contribution in [0.25, 0.3) is 0 Å². The van der Waals surface area contributed by atoms with Crippen molar-refractivity contribution in [2.45, 2.75) is 62.9 Å². The predicted molar refractivity (Wildman–Crippen MR) is 79.8 cm³/mol. The zero-order valence-electron chi connectivity index (χ0n) is 12.3. The van der Waals surface area contributed by atoms with E-state index in [2.05, 4.69) is 22.4 Å². The summed E-state index contributed by atoms with van der Waals surface area (Å²) in [5, 5.41) is 11.4. The minimum atomic E-state index is -0.227. The van der Waals surface area contributed by atoms with E-state index in [9.17, 15) is 4.79 Å². The van der Waals surface area contributed by atoms with E-state index in [1.807, 2.05) is 6.92 Å². The smallest absolute Gasteiger partial charge is 0.233 e. The van der Waals surface area contributed by atoms with E-state index in [0.29, 0.717) is 22.9 Å². The molecule has 0 bridgehead atoms. The van der Waals surface area contributed by atoms with Crippen LogP contribution in [0.1, 0.15) is 45.4 Å². The number of hydrogen-bond acceptors (Lipinski definition) is 5. The van der Waals surface area contributed by atoms with Crippen molar-refractivity contribution in [3.05, 3.63) is 5.82 Å². The van der Waals surface area contributed by atoms with Gasteiger partial charge in [0.2, 0.25) is 11.1 Å². The Hall–Kier alpha value is -1.24. The van der Waals surface area contributed by atoms with Crippen LogP contribution in [0, 0.1) is 12.8 Å². The highest BCUT2D eigenvalue weighted by atomic mass is 32.2. The highest BCUT2D eigenvalue weighted by Crippen LogP contribution is 2.25. The third kappa shape index (κ3) is 3.45. The fraction of sp³-hybridized carbons (Fsp3) is 0.769. The van der Waals surface area contributed by atoms with Crippen molar-refractivity contribution < 1.29 is 4.79 Å². The van der Waals surface area contributed by atoms with Crippen LogP contribution in [-0.2, 0) is 4.79 Å². The van der Waals surface area contributed by atoms with Crippen LogP contribution in [0.4, 0.5) is 0 Å². The molecule has 3 atom stereocenters. The molecule has 6 nitrogen and oxygen atoms in total. The molecule has 0 radical (unpaired) electrons. The summed E-state index contributed by atoms with van der Waals surface area (Å²) in [7, 11) is 0. The maximum Gasteiger partial charge on any atom is 0.233 e. The van der Waals surface area contributed by atoms with Crippen molar-refractivity contribution in [3.63, 3.8) is 0 Å². The molecule has 1 aromatic heterocycles. The van der Waals surface area contributed by atoms with E-state index in [1.54, 1.807) is 6.92 Å². The van der Waals surface area contributed by atoms with E-state index in [1.165, 1.54) is 35.7 Å². The molecule has 2 rings (SSSR count). The molecule has 3 N–H and O–H groups in total. The minimum Gasteiger partial charge on any atom is -0.352 e. The molecule has 1 fully saturated rings. The van der Waals surface area contributed by atoms with Gasteiger partial charge in [-0.3, -0.25) is 4.79 Å². The molecule has 1 saturated carbocycles. The number of nitrogens with two attached hydrogens (primary N) is 1. The number of carbonyl (C=O) groups excluding carboxylic acids is 1. The fourth-order valence-corrected chi connectivity index (χ4v) is 3.30. The first-order valence-corrected chi connectivity index (χ1v) is 8.01. The largest absolute Gasteiger partial charge is 0.352 e. The lowest BCUT2D eigenvalue weighted by Crippen LogP contribution is -2.44. The van der Waals surface area contributed by atoms with Gasteiger partial charge in [-0.25, -0.2) is 4.68 Å². The van der Waals surface area contributed by atoms with Gasteiger partial charge >= 0.3 is 0 Å². The van der Waals surface area contributed by atoms with Crippen LogP contribution in [0.15, 0.2) is 5.16 Å². The third-order valence-electron chi connectivity index (χ3n) is 3.93. The average molecular weight is 297 g/mol. The van der Waals surface area contributed by atoms with Gasteiger partial charge in [0.1, 0.15) is 5.82 Å². The van der Waals surface area contributed by atoms with Gasteiger partial charge in [-0.05, 0) is 32.6 Å². The van der Waals surface area contributed by atoms with Crippen molar-refractivity contribution in [1.29, 1.82) is 0 Å². The molecule has 1 aliphatic carbocycles. The van der Waals surface area contributed by atoms with Gasteiger partial charge < -0.3 is 11.2 Å². The quantitative estimate of drug-likeness (QED) is 0.649. The number of carbonyl (C=O) groups is 1. The summed E-state index contributed by atoms with van der Waals surface area (Å²) in [6.45, 7) is 5.87. The first-order valence-electron chi connectivity index (χ1n) is 7.13. The molecule has 1 aromatic rings. The first kappa shape index (κ1) is 15.2. The second-order valence-electron chi connectivity index (χ2n) is 5.54. The van der Waals surface area contributed by atoms with Crippen LogP contribution in [0.5, 0.6) is 0 Å². The monoisotopic (exact) mass is 297 g/mol. The summed E-state index contributed by atoms with van der Waals surface area (Å²) in [5.41, 5.74) is 0. The van der Waals surface area contributed by atoms with Crippen LogP contribution in [0.2, 0.25) is 0 Å². The molecular weight excluding hydrogens is 274 g/mol. The number of hydrogen-bond donors (Lipinski definition) is 2. The molecule has 7 heteroatoms. The average Bonchev–Trinajstić information content (AvgIpc) is 2.73. The predicted octanol–water partition coefficient (Wildman–Crippen LogP) is 1.48. The van der Waals surface area contributed by atoms with Crippen molar-refractivity contribution >= 4 is 17.7 Å². The minimum absolute atomic E-state index is 0.0504. The number of nitrogen functional groups attached to an aromatic ring is 1. The molecule has 0 aliphatic heterocycles. The van der Waals surface area contributed by atoms with E-state index < -0.39 is 0 Å². The zero-order chi connectivity index (χ0) is 14.7. The van der Waals surface area contributed by atoms with E-state index in [0.717, 1.165) is 6.42 Å². The molecule has 1 amide bonds. The molecular formula is C13H23N5OS. The second-order valence-corrected chi connectivity index (χ2v) is 6.84. The molecule has 0 aromatic carbocycles.